The van der Waals surface area contributed by atoms with Crippen LogP contribution in [-0.2, 0) is 18.2 Å². The van der Waals surface area contributed by atoms with Gasteiger partial charge < -0.3 is 4.74 Å². The number of hydrogen-bond donors (Lipinski definition) is 0. The molecule has 2 aromatic rings. The molecular formula is C17H20N2O3. The van der Waals surface area contributed by atoms with E-state index in [0.717, 1.165) is 19.3 Å². The number of rotatable bonds is 7. The monoisotopic (exact) mass is 300 g/mol. The third-order valence-corrected chi connectivity index (χ3v) is 3.37. The Kier molecular flexibility index (Phi) is 5.47. The minimum atomic E-state index is -0.541. The van der Waals surface area contributed by atoms with Gasteiger partial charge in [0.2, 0.25) is 0 Å². The largest absolute Gasteiger partial charge is 0.454 e. The van der Waals surface area contributed by atoms with E-state index in [2.05, 4.69) is 12.0 Å². The van der Waals surface area contributed by atoms with Crippen molar-refractivity contribution in [3.8, 4) is 0 Å². The molecule has 0 atom stereocenters. The summed E-state index contributed by atoms with van der Waals surface area (Å²) in [6.45, 7) is 1.89. The first-order valence-electron chi connectivity index (χ1n) is 7.38. The van der Waals surface area contributed by atoms with Gasteiger partial charge in [0.05, 0.1) is 11.8 Å². The Morgan fingerprint density at radius 2 is 1.91 bits per heavy atom. The van der Waals surface area contributed by atoms with Gasteiger partial charge in [-0.3, -0.25) is 9.48 Å². The molecule has 0 saturated heterocycles. The van der Waals surface area contributed by atoms with Crippen molar-refractivity contribution in [3.63, 3.8) is 0 Å². The van der Waals surface area contributed by atoms with E-state index >= 15 is 0 Å². The molecular weight excluding hydrogens is 280 g/mol. The number of aryl methyl sites for hydroxylation is 2. The number of aromatic nitrogens is 2. The molecule has 1 heterocycles. The van der Waals surface area contributed by atoms with E-state index in [0.29, 0.717) is 11.1 Å². The van der Waals surface area contributed by atoms with Gasteiger partial charge in [0.1, 0.15) is 0 Å². The highest BCUT2D eigenvalue weighted by Crippen LogP contribution is 2.09. The Bertz CT molecular complexity index is 644. The van der Waals surface area contributed by atoms with Gasteiger partial charge in [-0.05, 0) is 18.4 Å². The molecule has 0 N–H and O–H groups in total. The van der Waals surface area contributed by atoms with Crippen molar-refractivity contribution in [2.24, 2.45) is 7.05 Å². The number of Topliss-reactive ketones (excluding diaryl/α,β-unsaturated/α-hetero) is 1. The molecule has 0 aliphatic carbocycles. The van der Waals surface area contributed by atoms with Crippen LogP contribution in [0.15, 0.2) is 36.7 Å². The fourth-order valence-electron chi connectivity index (χ4n) is 2.06. The zero-order valence-corrected chi connectivity index (χ0v) is 12.9. The van der Waals surface area contributed by atoms with Crippen molar-refractivity contribution < 1.29 is 14.3 Å². The summed E-state index contributed by atoms with van der Waals surface area (Å²) in [5.74, 6) is -0.750. The molecule has 5 nitrogen and oxygen atoms in total. The maximum atomic E-state index is 12.0. The van der Waals surface area contributed by atoms with Crippen LogP contribution in [0.3, 0.4) is 0 Å². The number of benzene rings is 1. The zero-order valence-electron chi connectivity index (χ0n) is 12.9. The lowest BCUT2D eigenvalue weighted by molar-refractivity contribution is 0.0474. The summed E-state index contributed by atoms with van der Waals surface area (Å²) < 4.78 is 6.52. The van der Waals surface area contributed by atoms with E-state index in [9.17, 15) is 9.59 Å². The number of carbonyl (C=O) groups excluding carboxylic acids is 2. The molecule has 1 aromatic carbocycles. The quantitative estimate of drug-likeness (QED) is 0.582. The second-order valence-electron chi connectivity index (χ2n) is 5.20. The first-order valence-corrected chi connectivity index (χ1v) is 7.38. The Labute approximate surface area is 129 Å². The second-order valence-corrected chi connectivity index (χ2v) is 5.20. The highest BCUT2D eigenvalue weighted by Gasteiger charge is 2.13. The lowest BCUT2D eigenvalue weighted by Gasteiger charge is -2.04. The van der Waals surface area contributed by atoms with Gasteiger partial charge in [-0.1, -0.05) is 37.6 Å². The van der Waals surface area contributed by atoms with Crippen LogP contribution in [0.5, 0.6) is 0 Å². The molecule has 5 heteroatoms. The van der Waals surface area contributed by atoms with Crippen LogP contribution >= 0.6 is 0 Å². The first kappa shape index (κ1) is 15.9. The summed E-state index contributed by atoms with van der Waals surface area (Å²) in [6.07, 6.45) is 6.26. The first-order chi connectivity index (χ1) is 10.6. The average molecular weight is 300 g/mol. The van der Waals surface area contributed by atoms with E-state index in [1.165, 1.54) is 16.4 Å². The van der Waals surface area contributed by atoms with Crippen molar-refractivity contribution in [3.05, 3.63) is 53.3 Å². The molecule has 0 aliphatic rings. The lowest BCUT2D eigenvalue weighted by atomic mass is 10.0. The van der Waals surface area contributed by atoms with E-state index in [1.54, 1.807) is 25.4 Å². The van der Waals surface area contributed by atoms with Crippen molar-refractivity contribution >= 4 is 11.8 Å². The Balaban J connectivity index is 1.88. The minimum Gasteiger partial charge on any atom is -0.454 e. The van der Waals surface area contributed by atoms with Crippen LogP contribution in [0, 0.1) is 0 Å². The molecule has 0 radical (unpaired) electrons. The molecule has 0 fully saturated rings. The molecule has 0 amide bonds. The number of ketones is 1. The van der Waals surface area contributed by atoms with Crippen LogP contribution < -0.4 is 0 Å². The highest BCUT2D eigenvalue weighted by atomic mass is 16.5. The summed E-state index contributed by atoms with van der Waals surface area (Å²) in [5, 5.41) is 3.89. The Hall–Kier alpha value is -2.43. The molecule has 1 aromatic heterocycles. The number of esters is 1. The van der Waals surface area contributed by atoms with Gasteiger partial charge >= 0.3 is 5.97 Å². The SMILES string of the molecule is CCCCc1ccc(C(=O)COC(=O)c2cnn(C)c2)cc1. The maximum Gasteiger partial charge on any atom is 0.341 e. The Morgan fingerprint density at radius 3 is 2.50 bits per heavy atom. The normalized spacial score (nSPS) is 10.5. The predicted octanol–water partition coefficient (Wildman–Crippen LogP) is 2.80. The Morgan fingerprint density at radius 1 is 1.18 bits per heavy atom. The number of carbonyl (C=O) groups is 2. The lowest BCUT2D eigenvalue weighted by Crippen LogP contribution is -2.14. The van der Waals surface area contributed by atoms with Crippen LogP contribution in [0.4, 0.5) is 0 Å². The van der Waals surface area contributed by atoms with Crippen molar-refractivity contribution in [2.45, 2.75) is 26.2 Å². The van der Waals surface area contributed by atoms with Crippen LogP contribution in [0.1, 0.15) is 46.0 Å². The van der Waals surface area contributed by atoms with E-state index in [1.807, 2.05) is 12.1 Å². The molecule has 0 aliphatic heterocycles. The molecule has 116 valence electrons. The fraction of sp³-hybridized carbons (Fsp3) is 0.353. The highest BCUT2D eigenvalue weighted by molar-refractivity contribution is 5.99. The standard InChI is InChI=1S/C17H20N2O3/c1-3-4-5-13-6-8-14(9-7-13)16(20)12-22-17(21)15-10-18-19(2)11-15/h6-11H,3-5,12H2,1-2H3. The van der Waals surface area contributed by atoms with Crippen molar-refractivity contribution in [1.29, 1.82) is 0 Å². The van der Waals surface area contributed by atoms with E-state index in [-0.39, 0.29) is 12.4 Å². The molecule has 0 bridgehead atoms. The van der Waals surface area contributed by atoms with Gasteiger partial charge in [-0.2, -0.15) is 5.10 Å². The van der Waals surface area contributed by atoms with Crippen LogP contribution in [0.2, 0.25) is 0 Å². The smallest absolute Gasteiger partial charge is 0.341 e. The molecule has 0 saturated carbocycles. The fourth-order valence-corrected chi connectivity index (χ4v) is 2.06. The summed E-state index contributed by atoms with van der Waals surface area (Å²) >= 11 is 0. The summed E-state index contributed by atoms with van der Waals surface area (Å²) in [4.78, 5) is 23.8. The zero-order chi connectivity index (χ0) is 15.9. The van der Waals surface area contributed by atoms with Gasteiger partial charge in [0.15, 0.2) is 12.4 Å². The van der Waals surface area contributed by atoms with E-state index < -0.39 is 5.97 Å². The van der Waals surface area contributed by atoms with Gasteiger partial charge in [-0.15, -0.1) is 0 Å². The van der Waals surface area contributed by atoms with Crippen LogP contribution in [0.25, 0.3) is 0 Å². The molecule has 2 rings (SSSR count). The minimum absolute atomic E-state index is 0.209. The van der Waals surface area contributed by atoms with Gasteiger partial charge in [0.25, 0.3) is 0 Å². The maximum absolute atomic E-state index is 12.0. The number of nitrogens with zero attached hydrogens (tertiary/aromatic N) is 2. The molecule has 22 heavy (non-hydrogen) atoms. The third-order valence-electron chi connectivity index (χ3n) is 3.37. The number of ether oxygens (including phenoxy) is 1. The average Bonchev–Trinajstić information content (AvgIpc) is 2.97. The summed E-state index contributed by atoms with van der Waals surface area (Å²) in [7, 11) is 1.71. The summed E-state index contributed by atoms with van der Waals surface area (Å²) in [5.41, 5.74) is 2.11. The number of hydrogen-bond acceptors (Lipinski definition) is 4. The van der Waals surface area contributed by atoms with E-state index in [4.69, 9.17) is 4.74 Å². The van der Waals surface area contributed by atoms with Crippen molar-refractivity contribution in [2.75, 3.05) is 6.61 Å². The predicted molar refractivity (Wildman–Crippen MR) is 82.9 cm³/mol. The van der Waals surface area contributed by atoms with Crippen LogP contribution in [-0.4, -0.2) is 28.1 Å². The molecule has 0 unspecified atom stereocenters. The van der Waals surface area contributed by atoms with Crippen molar-refractivity contribution in [1.82, 2.24) is 9.78 Å². The second kappa shape index (κ2) is 7.54. The summed E-state index contributed by atoms with van der Waals surface area (Å²) in [6, 6.07) is 7.47. The van der Waals surface area contributed by atoms with Gasteiger partial charge in [-0.25, -0.2) is 4.79 Å². The molecule has 0 spiro atoms. The topological polar surface area (TPSA) is 61.2 Å². The third kappa shape index (κ3) is 4.28. The number of unbranched alkanes of at least 4 members (excludes halogenated alkanes) is 1. The van der Waals surface area contributed by atoms with Gasteiger partial charge in [0, 0.05) is 18.8 Å².